The van der Waals surface area contributed by atoms with E-state index in [1.54, 1.807) is 40.9 Å². The number of thioether (sulfide) groups is 1. The van der Waals surface area contributed by atoms with Gasteiger partial charge in [0.1, 0.15) is 0 Å². The zero-order valence-corrected chi connectivity index (χ0v) is 21.0. The van der Waals surface area contributed by atoms with Gasteiger partial charge in [-0.15, -0.1) is 11.8 Å². The van der Waals surface area contributed by atoms with Gasteiger partial charge >= 0.3 is 0 Å². The minimum absolute atomic E-state index is 0.134. The van der Waals surface area contributed by atoms with Crippen molar-refractivity contribution in [2.45, 2.75) is 16.6 Å². The SMILES string of the molecule is NCCC1C=CN(C(=O)c2ccc(NC(=O)c3ccccc3-c3ccccc3)cc2)c2ccccc2S1. The molecule has 5 nitrogen and oxygen atoms in total. The van der Waals surface area contributed by atoms with Crippen LogP contribution in [-0.4, -0.2) is 23.6 Å². The van der Waals surface area contributed by atoms with Crippen molar-refractivity contribution >= 4 is 35.0 Å². The molecule has 37 heavy (non-hydrogen) atoms. The Hall–Kier alpha value is -4.13. The van der Waals surface area contributed by atoms with Crippen LogP contribution in [0.5, 0.6) is 0 Å². The van der Waals surface area contributed by atoms with Crippen LogP contribution < -0.4 is 16.0 Å². The summed E-state index contributed by atoms with van der Waals surface area (Å²) in [5.41, 5.74) is 10.2. The average molecular weight is 506 g/mol. The molecule has 0 bridgehead atoms. The van der Waals surface area contributed by atoms with Gasteiger partial charge in [-0.2, -0.15) is 0 Å². The van der Waals surface area contributed by atoms with Gasteiger partial charge in [0.15, 0.2) is 0 Å². The van der Waals surface area contributed by atoms with Gasteiger partial charge in [-0.25, -0.2) is 0 Å². The van der Waals surface area contributed by atoms with E-state index in [0.717, 1.165) is 28.1 Å². The molecule has 2 amide bonds. The third kappa shape index (κ3) is 5.50. The molecule has 3 N–H and O–H groups in total. The Balaban J connectivity index is 1.35. The summed E-state index contributed by atoms with van der Waals surface area (Å²) in [6.45, 7) is 0.584. The fourth-order valence-corrected chi connectivity index (χ4v) is 5.47. The zero-order valence-electron chi connectivity index (χ0n) is 20.2. The van der Waals surface area contributed by atoms with Gasteiger partial charge in [0, 0.05) is 33.2 Å². The van der Waals surface area contributed by atoms with E-state index >= 15 is 0 Å². The van der Waals surface area contributed by atoms with Crippen LogP contribution in [0, 0.1) is 0 Å². The number of anilines is 2. The Kier molecular flexibility index (Phi) is 7.49. The van der Waals surface area contributed by atoms with E-state index < -0.39 is 0 Å². The van der Waals surface area contributed by atoms with E-state index in [4.69, 9.17) is 5.73 Å². The Labute approximate surface area is 221 Å². The number of amides is 2. The molecule has 1 atom stereocenters. The Bertz CT molecular complexity index is 1430. The molecule has 5 rings (SSSR count). The van der Waals surface area contributed by atoms with E-state index in [0.29, 0.717) is 23.4 Å². The number of hydrogen-bond acceptors (Lipinski definition) is 4. The van der Waals surface area contributed by atoms with Crippen molar-refractivity contribution in [3.8, 4) is 11.1 Å². The lowest BCUT2D eigenvalue weighted by Gasteiger charge is -2.20. The third-order valence-corrected chi connectivity index (χ3v) is 7.46. The van der Waals surface area contributed by atoms with Crippen LogP contribution in [0.1, 0.15) is 27.1 Å². The number of fused-ring (bicyclic) bond motifs is 1. The van der Waals surface area contributed by atoms with Crippen LogP contribution in [0.4, 0.5) is 11.4 Å². The van der Waals surface area contributed by atoms with Crippen molar-refractivity contribution in [2.24, 2.45) is 5.73 Å². The largest absolute Gasteiger partial charge is 0.330 e. The number of para-hydroxylation sites is 1. The highest BCUT2D eigenvalue weighted by Crippen LogP contribution is 2.38. The minimum atomic E-state index is -0.203. The van der Waals surface area contributed by atoms with Gasteiger partial charge in [-0.3, -0.25) is 14.5 Å². The molecule has 4 aromatic rings. The molecule has 0 spiro atoms. The Morgan fingerprint density at radius 1 is 0.838 bits per heavy atom. The normalized spacial score (nSPS) is 14.5. The molecule has 0 aliphatic carbocycles. The number of carbonyl (C=O) groups excluding carboxylic acids is 2. The molecule has 1 unspecified atom stereocenters. The summed E-state index contributed by atoms with van der Waals surface area (Å²) in [6, 6.07) is 32.3. The molecule has 4 aromatic carbocycles. The molecule has 6 heteroatoms. The second-order valence-corrected chi connectivity index (χ2v) is 9.94. The molecule has 1 aliphatic heterocycles. The number of nitrogens with zero attached hydrogens (tertiary/aromatic N) is 1. The number of rotatable bonds is 6. The van der Waals surface area contributed by atoms with Gasteiger partial charge in [-0.1, -0.05) is 66.7 Å². The zero-order chi connectivity index (χ0) is 25.6. The number of nitrogens with two attached hydrogens (primary N) is 1. The number of benzene rings is 4. The quantitative estimate of drug-likeness (QED) is 0.310. The summed E-state index contributed by atoms with van der Waals surface area (Å²) in [4.78, 5) is 29.3. The van der Waals surface area contributed by atoms with Crippen molar-refractivity contribution in [2.75, 3.05) is 16.8 Å². The van der Waals surface area contributed by atoms with E-state index in [1.807, 2.05) is 91.1 Å². The van der Waals surface area contributed by atoms with Crippen LogP contribution in [0.25, 0.3) is 11.1 Å². The topological polar surface area (TPSA) is 75.4 Å². The summed E-state index contributed by atoms with van der Waals surface area (Å²) >= 11 is 1.72. The van der Waals surface area contributed by atoms with Crippen LogP contribution in [0.2, 0.25) is 0 Å². The second-order valence-electron chi connectivity index (χ2n) is 8.66. The van der Waals surface area contributed by atoms with E-state index in [9.17, 15) is 9.59 Å². The summed E-state index contributed by atoms with van der Waals surface area (Å²) in [5, 5.41) is 3.18. The molecular weight excluding hydrogens is 478 g/mol. The van der Waals surface area contributed by atoms with Crippen molar-refractivity contribution in [3.05, 3.63) is 127 Å². The highest BCUT2D eigenvalue weighted by Gasteiger charge is 2.23. The van der Waals surface area contributed by atoms with Gasteiger partial charge in [0.05, 0.1) is 5.69 Å². The molecule has 1 heterocycles. The molecular formula is C31H27N3O2S. The molecule has 184 valence electrons. The van der Waals surface area contributed by atoms with Crippen molar-refractivity contribution in [1.29, 1.82) is 0 Å². The van der Waals surface area contributed by atoms with Crippen molar-refractivity contribution in [3.63, 3.8) is 0 Å². The van der Waals surface area contributed by atoms with Crippen LogP contribution in [0.15, 0.2) is 120 Å². The molecule has 0 radical (unpaired) electrons. The Morgan fingerprint density at radius 3 is 2.32 bits per heavy atom. The predicted molar refractivity (Wildman–Crippen MR) is 152 cm³/mol. The predicted octanol–water partition coefficient (Wildman–Crippen LogP) is 6.59. The van der Waals surface area contributed by atoms with Crippen molar-refractivity contribution in [1.82, 2.24) is 0 Å². The summed E-state index contributed by atoms with van der Waals surface area (Å²) in [5.74, 6) is -0.337. The number of carbonyl (C=O) groups is 2. The fourth-order valence-electron chi connectivity index (χ4n) is 4.30. The summed E-state index contributed by atoms with van der Waals surface area (Å²) in [6.07, 6.45) is 4.71. The number of nitrogens with one attached hydrogen (secondary N) is 1. The lowest BCUT2D eigenvalue weighted by molar-refractivity contribution is 0.0995. The number of hydrogen-bond donors (Lipinski definition) is 2. The van der Waals surface area contributed by atoms with E-state index in [-0.39, 0.29) is 17.1 Å². The van der Waals surface area contributed by atoms with E-state index in [1.165, 1.54) is 0 Å². The van der Waals surface area contributed by atoms with Crippen molar-refractivity contribution < 1.29 is 9.59 Å². The first kappa shape index (κ1) is 24.6. The lowest BCUT2D eigenvalue weighted by atomic mass is 9.99. The average Bonchev–Trinajstić information content (AvgIpc) is 3.13. The molecule has 1 aliphatic rings. The smallest absolute Gasteiger partial charge is 0.262 e. The second kappa shape index (κ2) is 11.3. The summed E-state index contributed by atoms with van der Waals surface area (Å²) in [7, 11) is 0. The molecule has 0 saturated carbocycles. The third-order valence-electron chi connectivity index (χ3n) is 6.17. The van der Waals surface area contributed by atoms with Gasteiger partial charge in [-0.05, 0) is 66.6 Å². The monoisotopic (exact) mass is 505 g/mol. The molecule has 0 fully saturated rings. The minimum Gasteiger partial charge on any atom is -0.330 e. The maximum absolute atomic E-state index is 13.5. The molecule has 0 saturated heterocycles. The van der Waals surface area contributed by atoms with Gasteiger partial charge in [0.2, 0.25) is 0 Å². The summed E-state index contributed by atoms with van der Waals surface area (Å²) < 4.78 is 0. The van der Waals surface area contributed by atoms with Crippen LogP contribution >= 0.6 is 11.8 Å². The maximum atomic E-state index is 13.5. The Morgan fingerprint density at radius 2 is 1.54 bits per heavy atom. The van der Waals surface area contributed by atoms with Gasteiger partial charge < -0.3 is 11.1 Å². The lowest BCUT2D eigenvalue weighted by Crippen LogP contribution is -2.25. The first-order valence-electron chi connectivity index (χ1n) is 12.2. The maximum Gasteiger partial charge on any atom is 0.262 e. The standard InChI is InChI=1S/C31H27N3O2S/c32-20-18-25-19-21-34(28-12-6-7-13-29(28)37-25)31(36)23-14-16-24(17-15-23)33-30(35)27-11-5-4-10-26(27)22-8-2-1-3-9-22/h1-17,19,21,25H,18,20,32H2,(H,33,35). The van der Waals surface area contributed by atoms with E-state index in [2.05, 4.69) is 5.32 Å². The highest BCUT2D eigenvalue weighted by atomic mass is 32.2. The van der Waals surface area contributed by atoms with Gasteiger partial charge in [0.25, 0.3) is 11.8 Å². The van der Waals surface area contributed by atoms with Crippen LogP contribution in [0.3, 0.4) is 0 Å². The first-order valence-corrected chi connectivity index (χ1v) is 13.1. The first-order chi connectivity index (χ1) is 18.1. The fraction of sp³-hybridized carbons (Fsp3) is 0.0968. The highest BCUT2D eigenvalue weighted by molar-refractivity contribution is 8.00. The van der Waals surface area contributed by atoms with Crippen LogP contribution in [-0.2, 0) is 0 Å². The molecule has 0 aromatic heterocycles.